The van der Waals surface area contributed by atoms with Crippen LogP contribution >= 0.6 is 0 Å². The minimum Gasteiger partial charge on any atom is -0.456 e. The topological polar surface area (TPSA) is 13.1 Å². The van der Waals surface area contributed by atoms with Crippen LogP contribution in [0.3, 0.4) is 0 Å². The zero-order valence-electron chi connectivity index (χ0n) is 25.4. The van der Waals surface area contributed by atoms with Crippen LogP contribution in [0, 0.1) is 0 Å². The highest BCUT2D eigenvalue weighted by Gasteiger charge is 2.37. The van der Waals surface area contributed by atoms with Crippen molar-refractivity contribution >= 4 is 21.9 Å². The molecule has 214 valence electrons. The molecule has 0 radical (unpaired) electrons. The Morgan fingerprint density at radius 2 is 1.27 bits per heavy atom. The molecule has 0 amide bonds. The lowest BCUT2D eigenvalue weighted by molar-refractivity contribution is 0.611. The minimum absolute atomic E-state index is 0.0102. The SMILES string of the molecule is CC1(C)c2ccccc2-c2c(C(CCc3cccc4c3oc3ccccc34)Cc3ccc(-c4ccccc4)cc3)cccc21. The van der Waals surface area contributed by atoms with Gasteiger partial charge in [-0.2, -0.15) is 0 Å². The molecule has 0 saturated carbocycles. The van der Waals surface area contributed by atoms with Crippen LogP contribution in [0.4, 0.5) is 0 Å². The monoisotopic (exact) mass is 568 g/mol. The highest BCUT2D eigenvalue weighted by molar-refractivity contribution is 6.05. The molecule has 1 heterocycles. The van der Waals surface area contributed by atoms with Gasteiger partial charge < -0.3 is 4.42 Å². The van der Waals surface area contributed by atoms with E-state index in [2.05, 4.69) is 153 Å². The van der Waals surface area contributed by atoms with Gasteiger partial charge in [0.15, 0.2) is 0 Å². The summed E-state index contributed by atoms with van der Waals surface area (Å²) >= 11 is 0. The number of fused-ring (bicyclic) bond motifs is 6. The normalized spacial score (nSPS) is 14.0. The van der Waals surface area contributed by atoms with Crippen molar-refractivity contribution in [2.45, 2.75) is 44.4 Å². The van der Waals surface area contributed by atoms with Gasteiger partial charge in [0.1, 0.15) is 11.2 Å². The predicted octanol–water partition coefficient (Wildman–Crippen LogP) is 11.5. The molecule has 1 aliphatic rings. The molecule has 0 spiro atoms. The summed E-state index contributed by atoms with van der Waals surface area (Å²) in [5, 5.41) is 2.40. The summed E-state index contributed by atoms with van der Waals surface area (Å²) in [4.78, 5) is 0. The second kappa shape index (κ2) is 10.7. The fourth-order valence-corrected chi connectivity index (χ4v) is 7.57. The summed E-state index contributed by atoms with van der Waals surface area (Å²) in [6, 6.07) is 51.0. The Kier molecular flexibility index (Phi) is 6.49. The third kappa shape index (κ3) is 4.47. The number of hydrogen-bond acceptors (Lipinski definition) is 1. The molecule has 44 heavy (non-hydrogen) atoms. The lowest BCUT2D eigenvalue weighted by Gasteiger charge is -2.24. The Balaban J connectivity index is 1.19. The summed E-state index contributed by atoms with van der Waals surface area (Å²) in [5.41, 5.74) is 14.3. The lowest BCUT2D eigenvalue weighted by Crippen LogP contribution is -2.15. The Hall–Kier alpha value is -4.88. The minimum atomic E-state index is -0.0102. The largest absolute Gasteiger partial charge is 0.456 e. The highest BCUT2D eigenvalue weighted by atomic mass is 16.3. The third-order valence-electron chi connectivity index (χ3n) is 9.87. The molecule has 0 fully saturated rings. The van der Waals surface area contributed by atoms with Crippen LogP contribution in [0.15, 0.2) is 144 Å². The van der Waals surface area contributed by atoms with Crippen LogP contribution in [-0.2, 0) is 18.3 Å². The maximum Gasteiger partial charge on any atom is 0.138 e. The second-order valence-electron chi connectivity index (χ2n) is 12.8. The first-order valence-electron chi connectivity index (χ1n) is 15.8. The smallest absolute Gasteiger partial charge is 0.138 e. The van der Waals surface area contributed by atoms with E-state index in [1.54, 1.807) is 0 Å². The van der Waals surface area contributed by atoms with Crippen molar-refractivity contribution in [1.29, 1.82) is 0 Å². The summed E-state index contributed by atoms with van der Waals surface area (Å²) in [5.74, 6) is 0.356. The van der Waals surface area contributed by atoms with Crippen molar-refractivity contribution in [2.75, 3.05) is 0 Å². The molecule has 1 heteroatoms. The van der Waals surface area contributed by atoms with E-state index in [1.807, 2.05) is 0 Å². The van der Waals surface area contributed by atoms with Gasteiger partial charge in [-0.05, 0) is 81.3 Å². The van der Waals surface area contributed by atoms with Crippen LogP contribution in [-0.4, -0.2) is 0 Å². The van der Waals surface area contributed by atoms with Gasteiger partial charge in [-0.1, -0.05) is 147 Å². The van der Waals surface area contributed by atoms with E-state index in [4.69, 9.17) is 4.42 Å². The molecule has 0 N–H and O–H groups in total. The highest BCUT2D eigenvalue weighted by Crippen LogP contribution is 2.51. The fourth-order valence-electron chi connectivity index (χ4n) is 7.57. The Bertz CT molecular complexity index is 2110. The molecule has 0 aliphatic heterocycles. The van der Waals surface area contributed by atoms with Crippen LogP contribution < -0.4 is 0 Å². The van der Waals surface area contributed by atoms with Crippen LogP contribution in [0.1, 0.15) is 54.0 Å². The first-order chi connectivity index (χ1) is 21.6. The van der Waals surface area contributed by atoms with Crippen molar-refractivity contribution in [3.8, 4) is 22.3 Å². The molecule has 1 unspecified atom stereocenters. The van der Waals surface area contributed by atoms with Gasteiger partial charge in [0.25, 0.3) is 0 Å². The molecule has 6 aromatic carbocycles. The molecular weight excluding hydrogens is 532 g/mol. The average molecular weight is 569 g/mol. The van der Waals surface area contributed by atoms with Gasteiger partial charge in [0.2, 0.25) is 0 Å². The van der Waals surface area contributed by atoms with Crippen molar-refractivity contribution < 1.29 is 4.42 Å². The Morgan fingerprint density at radius 3 is 2.14 bits per heavy atom. The van der Waals surface area contributed by atoms with Crippen molar-refractivity contribution in [3.05, 3.63) is 167 Å². The van der Waals surface area contributed by atoms with E-state index in [9.17, 15) is 0 Å². The van der Waals surface area contributed by atoms with Crippen LogP contribution in [0.2, 0.25) is 0 Å². The number of para-hydroxylation sites is 2. The van der Waals surface area contributed by atoms with E-state index in [1.165, 1.54) is 60.8 Å². The maximum atomic E-state index is 6.44. The molecular formula is C43H36O. The molecule has 1 aromatic heterocycles. The number of hydrogen-bond donors (Lipinski definition) is 0. The molecule has 8 rings (SSSR count). The first-order valence-corrected chi connectivity index (χ1v) is 15.8. The fraction of sp³-hybridized carbons (Fsp3) is 0.163. The van der Waals surface area contributed by atoms with E-state index in [-0.39, 0.29) is 5.41 Å². The van der Waals surface area contributed by atoms with Gasteiger partial charge >= 0.3 is 0 Å². The first kappa shape index (κ1) is 26.7. The number of benzene rings is 6. The zero-order valence-corrected chi connectivity index (χ0v) is 25.4. The van der Waals surface area contributed by atoms with E-state index >= 15 is 0 Å². The number of rotatable bonds is 7. The molecule has 1 aliphatic carbocycles. The zero-order chi connectivity index (χ0) is 29.7. The third-order valence-corrected chi connectivity index (χ3v) is 9.87. The predicted molar refractivity (Wildman–Crippen MR) is 184 cm³/mol. The summed E-state index contributed by atoms with van der Waals surface area (Å²) in [6.07, 6.45) is 2.98. The Labute approximate surface area is 259 Å². The summed E-state index contributed by atoms with van der Waals surface area (Å²) in [7, 11) is 0. The van der Waals surface area contributed by atoms with Gasteiger partial charge in [0.05, 0.1) is 0 Å². The van der Waals surface area contributed by atoms with Crippen molar-refractivity contribution in [3.63, 3.8) is 0 Å². The maximum absolute atomic E-state index is 6.44. The molecule has 0 bridgehead atoms. The van der Waals surface area contributed by atoms with Crippen molar-refractivity contribution in [2.24, 2.45) is 0 Å². The standard InChI is InChI=1S/C43H36O/c1-43(2)38-19-8-6-16-37(38)41-34(17-11-20-39(41)43)33(28-29-22-24-31(25-23-29)30-12-4-3-5-13-30)27-26-32-14-10-18-36-35-15-7-9-21-40(35)44-42(32)36/h3-25,33H,26-28H2,1-2H3. The van der Waals surface area contributed by atoms with E-state index < -0.39 is 0 Å². The van der Waals surface area contributed by atoms with Gasteiger partial charge in [0, 0.05) is 16.2 Å². The summed E-state index contributed by atoms with van der Waals surface area (Å²) < 4.78 is 6.44. The molecule has 0 saturated heterocycles. The number of furan rings is 1. The quantitative estimate of drug-likeness (QED) is 0.186. The van der Waals surface area contributed by atoms with Gasteiger partial charge in [-0.3, -0.25) is 0 Å². The van der Waals surface area contributed by atoms with Gasteiger partial charge in [-0.25, -0.2) is 0 Å². The summed E-state index contributed by atoms with van der Waals surface area (Å²) in [6.45, 7) is 4.75. The van der Waals surface area contributed by atoms with Crippen molar-refractivity contribution in [1.82, 2.24) is 0 Å². The van der Waals surface area contributed by atoms with E-state index in [0.717, 1.165) is 30.4 Å². The Morgan fingerprint density at radius 1 is 0.591 bits per heavy atom. The molecule has 1 nitrogen and oxygen atoms in total. The van der Waals surface area contributed by atoms with Gasteiger partial charge in [-0.15, -0.1) is 0 Å². The number of aryl methyl sites for hydroxylation is 1. The molecule has 7 aromatic rings. The van der Waals surface area contributed by atoms with Crippen LogP contribution in [0.25, 0.3) is 44.2 Å². The average Bonchev–Trinajstić information content (AvgIpc) is 3.57. The van der Waals surface area contributed by atoms with Crippen LogP contribution in [0.5, 0.6) is 0 Å². The molecule has 1 atom stereocenters. The lowest BCUT2D eigenvalue weighted by atomic mass is 9.79. The second-order valence-corrected chi connectivity index (χ2v) is 12.8. The van der Waals surface area contributed by atoms with E-state index in [0.29, 0.717) is 5.92 Å².